The summed E-state index contributed by atoms with van der Waals surface area (Å²) < 4.78 is 14.1. The highest BCUT2D eigenvalue weighted by Crippen LogP contribution is 2.26. The van der Waals surface area contributed by atoms with Crippen LogP contribution in [0.3, 0.4) is 0 Å². The number of benzene rings is 2. The van der Waals surface area contributed by atoms with Crippen LogP contribution in [0.2, 0.25) is 0 Å². The quantitative estimate of drug-likeness (QED) is 0.830. The van der Waals surface area contributed by atoms with Crippen molar-refractivity contribution in [1.82, 2.24) is 5.32 Å². The Labute approximate surface area is 127 Å². The molecule has 0 fully saturated rings. The topological polar surface area (TPSA) is 12.0 Å². The number of aryl methyl sites for hydroxylation is 2. The maximum absolute atomic E-state index is 14.1. The molecule has 0 amide bonds. The van der Waals surface area contributed by atoms with Gasteiger partial charge in [0.2, 0.25) is 0 Å². The molecule has 2 aromatic carbocycles. The van der Waals surface area contributed by atoms with Crippen molar-refractivity contribution in [2.24, 2.45) is 0 Å². The first-order chi connectivity index (χ1) is 10.1. The Morgan fingerprint density at radius 2 is 1.67 bits per heavy atom. The maximum atomic E-state index is 14.1. The summed E-state index contributed by atoms with van der Waals surface area (Å²) in [4.78, 5) is 0. The van der Waals surface area contributed by atoms with Gasteiger partial charge in [0.05, 0.1) is 0 Å². The number of hydrogen-bond donors (Lipinski definition) is 1. The van der Waals surface area contributed by atoms with Crippen molar-refractivity contribution < 1.29 is 4.39 Å². The third-order valence-electron chi connectivity index (χ3n) is 4.08. The van der Waals surface area contributed by atoms with Gasteiger partial charge in [-0.1, -0.05) is 43.3 Å². The van der Waals surface area contributed by atoms with Gasteiger partial charge in [-0.25, -0.2) is 4.39 Å². The van der Waals surface area contributed by atoms with Gasteiger partial charge in [0, 0.05) is 12.5 Å². The van der Waals surface area contributed by atoms with Crippen molar-refractivity contribution in [3.8, 4) is 0 Å². The molecule has 0 aliphatic heterocycles. The average molecular weight is 285 g/mol. The predicted octanol–water partition coefficient (Wildman–Crippen LogP) is 4.38. The molecule has 0 aliphatic carbocycles. The first kappa shape index (κ1) is 15.7. The molecule has 2 rings (SSSR count). The zero-order valence-corrected chi connectivity index (χ0v) is 13.1. The van der Waals surface area contributed by atoms with Gasteiger partial charge in [-0.15, -0.1) is 0 Å². The first-order valence-corrected chi connectivity index (χ1v) is 7.63. The molecule has 0 saturated carbocycles. The summed E-state index contributed by atoms with van der Waals surface area (Å²) in [6.45, 7) is 8.04. The highest BCUT2D eigenvalue weighted by Gasteiger charge is 2.17. The van der Waals surface area contributed by atoms with Crippen LogP contribution in [0, 0.1) is 19.7 Å². The number of halogens is 1. The lowest BCUT2D eigenvalue weighted by molar-refractivity contribution is 0.543. The van der Waals surface area contributed by atoms with Crippen LogP contribution >= 0.6 is 0 Å². The molecular formula is C19H24FN. The Balaban J connectivity index is 2.31. The third-order valence-corrected chi connectivity index (χ3v) is 4.08. The highest BCUT2D eigenvalue weighted by atomic mass is 19.1. The number of likely N-dealkylation sites (N-methyl/N-ethyl adjacent to an activating group) is 1. The molecule has 0 radical (unpaired) electrons. The van der Waals surface area contributed by atoms with E-state index in [4.69, 9.17) is 0 Å². The summed E-state index contributed by atoms with van der Waals surface area (Å²) in [5.41, 5.74) is 4.71. The molecule has 1 nitrogen and oxygen atoms in total. The minimum atomic E-state index is -0.105. The minimum absolute atomic E-state index is 0.105. The summed E-state index contributed by atoms with van der Waals surface area (Å²) in [7, 11) is 0. The van der Waals surface area contributed by atoms with E-state index in [1.807, 2.05) is 12.1 Å². The molecule has 2 heteroatoms. The van der Waals surface area contributed by atoms with Crippen LogP contribution in [0.4, 0.5) is 4.39 Å². The van der Waals surface area contributed by atoms with E-state index in [1.54, 1.807) is 12.1 Å². The van der Waals surface area contributed by atoms with Crippen molar-refractivity contribution in [3.63, 3.8) is 0 Å². The summed E-state index contributed by atoms with van der Waals surface area (Å²) in [6, 6.07) is 13.5. The normalized spacial score (nSPS) is 12.4. The lowest BCUT2D eigenvalue weighted by atomic mass is 9.88. The summed E-state index contributed by atoms with van der Waals surface area (Å²) in [6.07, 6.45) is 0.867. The van der Waals surface area contributed by atoms with Crippen LogP contribution in [0.5, 0.6) is 0 Å². The lowest BCUT2D eigenvalue weighted by Gasteiger charge is -2.21. The van der Waals surface area contributed by atoms with Gasteiger partial charge >= 0.3 is 0 Å². The number of nitrogens with one attached hydrogen (secondary N) is 1. The Bertz CT molecular complexity index is 572. The summed E-state index contributed by atoms with van der Waals surface area (Å²) in [5.74, 6) is 0.0533. The van der Waals surface area contributed by atoms with E-state index >= 15 is 0 Å². The molecule has 21 heavy (non-hydrogen) atoms. The van der Waals surface area contributed by atoms with Crippen LogP contribution in [-0.2, 0) is 6.42 Å². The molecule has 0 aliphatic rings. The van der Waals surface area contributed by atoms with Gasteiger partial charge < -0.3 is 5.32 Å². The minimum Gasteiger partial charge on any atom is -0.316 e. The van der Waals surface area contributed by atoms with E-state index in [9.17, 15) is 4.39 Å². The van der Waals surface area contributed by atoms with Gasteiger partial charge in [0.25, 0.3) is 0 Å². The molecule has 2 aromatic rings. The van der Waals surface area contributed by atoms with Crippen LogP contribution in [0.25, 0.3) is 0 Å². The largest absolute Gasteiger partial charge is 0.316 e. The lowest BCUT2D eigenvalue weighted by Crippen LogP contribution is -2.23. The van der Waals surface area contributed by atoms with Crippen molar-refractivity contribution in [2.45, 2.75) is 33.1 Å². The maximum Gasteiger partial charge on any atom is 0.126 e. The van der Waals surface area contributed by atoms with E-state index in [2.05, 4.69) is 44.3 Å². The second kappa shape index (κ2) is 7.37. The monoisotopic (exact) mass is 285 g/mol. The van der Waals surface area contributed by atoms with E-state index in [-0.39, 0.29) is 11.7 Å². The molecule has 1 atom stereocenters. The highest BCUT2D eigenvalue weighted by molar-refractivity contribution is 5.36. The smallest absolute Gasteiger partial charge is 0.126 e. The van der Waals surface area contributed by atoms with Crippen molar-refractivity contribution >= 4 is 0 Å². The van der Waals surface area contributed by atoms with E-state index in [1.165, 1.54) is 16.7 Å². The summed E-state index contributed by atoms with van der Waals surface area (Å²) >= 11 is 0. The van der Waals surface area contributed by atoms with Gasteiger partial charge in [0.1, 0.15) is 5.82 Å². The fourth-order valence-corrected chi connectivity index (χ4v) is 2.83. The Kier molecular flexibility index (Phi) is 5.51. The molecule has 1 unspecified atom stereocenters. The van der Waals surface area contributed by atoms with Gasteiger partial charge in [-0.2, -0.15) is 0 Å². The van der Waals surface area contributed by atoms with Crippen molar-refractivity contribution in [1.29, 1.82) is 0 Å². The van der Waals surface area contributed by atoms with Crippen LogP contribution < -0.4 is 5.32 Å². The molecule has 1 N–H and O–H groups in total. The molecule has 0 aromatic heterocycles. The third kappa shape index (κ3) is 3.92. The van der Waals surface area contributed by atoms with Crippen LogP contribution in [0.1, 0.15) is 35.1 Å². The fourth-order valence-electron chi connectivity index (χ4n) is 2.83. The van der Waals surface area contributed by atoms with Crippen LogP contribution in [-0.4, -0.2) is 13.1 Å². The van der Waals surface area contributed by atoms with E-state index < -0.39 is 0 Å². The van der Waals surface area contributed by atoms with Gasteiger partial charge in [-0.05, 0) is 55.1 Å². The number of rotatable bonds is 6. The van der Waals surface area contributed by atoms with Crippen LogP contribution in [0.15, 0.2) is 42.5 Å². The first-order valence-electron chi connectivity index (χ1n) is 7.63. The molecule has 0 spiro atoms. The molecular weight excluding hydrogens is 261 g/mol. The van der Waals surface area contributed by atoms with Crippen molar-refractivity contribution in [3.05, 3.63) is 70.5 Å². The number of hydrogen-bond acceptors (Lipinski definition) is 1. The zero-order valence-electron chi connectivity index (χ0n) is 13.1. The van der Waals surface area contributed by atoms with Gasteiger partial charge in [-0.3, -0.25) is 0 Å². The van der Waals surface area contributed by atoms with Crippen molar-refractivity contribution in [2.75, 3.05) is 13.1 Å². The molecule has 112 valence electrons. The molecule has 0 bridgehead atoms. The SMILES string of the molecule is CCNCC(Cc1c(C)cccc1C)c1ccccc1F. The molecule has 0 heterocycles. The Morgan fingerprint density at radius 3 is 2.29 bits per heavy atom. The molecule has 0 saturated heterocycles. The Hall–Kier alpha value is -1.67. The van der Waals surface area contributed by atoms with Gasteiger partial charge in [0.15, 0.2) is 0 Å². The zero-order chi connectivity index (χ0) is 15.2. The van der Waals surface area contributed by atoms with E-state index in [0.29, 0.717) is 0 Å². The summed E-state index contributed by atoms with van der Waals surface area (Å²) in [5, 5.41) is 3.37. The average Bonchev–Trinajstić information content (AvgIpc) is 2.47. The second-order valence-corrected chi connectivity index (χ2v) is 5.60. The second-order valence-electron chi connectivity index (χ2n) is 5.60. The standard InChI is InChI=1S/C19H24FN/c1-4-21-13-16(17-10-5-6-11-19(17)20)12-18-14(2)8-7-9-15(18)3/h5-11,16,21H,4,12-13H2,1-3H3. The van der Waals surface area contributed by atoms with E-state index in [0.717, 1.165) is 25.1 Å². The Morgan fingerprint density at radius 1 is 1.00 bits per heavy atom. The fraction of sp³-hybridized carbons (Fsp3) is 0.368. The predicted molar refractivity (Wildman–Crippen MR) is 87.3 cm³/mol.